The van der Waals surface area contributed by atoms with Gasteiger partial charge in [-0.05, 0) is 7.05 Å². The molecule has 0 unspecified atom stereocenters. The van der Waals surface area contributed by atoms with Crippen LogP contribution >= 0.6 is 0 Å². The lowest BCUT2D eigenvalue weighted by molar-refractivity contribution is 0.784. The zero-order chi connectivity index (χ0) is 16.6. The Bertz CT molecular complexity index is 484. The van der Waals surface area contributed by atoms with Crippen LogP contribution in [0.3, 0.4) is 0 Å². The second-order valence-electron chi connectivity index (χ2n) is 7.02. The molecule has 0 aliphatic carbocycles. The first-order chi connectivity index (χ1) is 10.3. The highest BCUT2D eigenvalue weighted by Crippen LogP contribution is 2.07. The number of benzene rings is 2. The van der Waals surface area contributed by atoms with Gasteiger partial charge >= 0.3 is 0 Å². The molecule has 0 radical (unpaired) electrons. The van der Waals surface area contributed by atoms with Gasteiger partial charge in [0, 0.05) is 0 Å². The van der Waals surface area contributed by atoms with Crippen molar-refractivity contribution in [3.8, 4) is 0 Å². The molecule has 0 amide bonds. The molecule has 0 spiro atoms. The lowest BCUT2D eigenvalue weighted by atomic mass is 10.4. The molecule has 2 aromatic carbocycles. The number of hydrogen-bond acceptors (Lipinski definition) is 1. The first-order valence-corrected chi connectivity index (χ1v) is 15.8. The molecule has 0 aromatic heterocycles. The highest BCUT2D eigenvalue weighted by molar-refractivity contribution is 6.82. The maximum absolute atomic E-state index is 2.63. The number of rotatable bonds is 4. The van der Waals surface area contributed by atoms with E-state index in [1.54, 1.807) is 0 Å². The minimum atomic E-state index is -0.929. The molecule has 22 heavy (non-hydrogen) atoms. The Labute approximate surface area is 142 Å². The SMILES string of the molecule is CN([SiH](C)C)[Si](C)(C)C.c1ccc([SiH2]c2ccccc2)cc1. The summed E-state index contributed by atoms with van der Waals surface area (Å²) in [7, 11) is 0.624. The molecule has 0 aliphatic heterocycles. The van der Waals surface area contributed by atoms with Crippen LogP contribution in [0.1, 0.15) is 0 Å². The molecule has 0 atom stereocenters. The molecule has 0 fully saturated rings. The maximum Gasteiger partial charge on any atom is 0.111 e. The Morgan fingerprint density at radius 3 is 1.36 bits per heavy atom. The van der Waals surface area contributed by atoms with E-state index in [4.69, 9.17) is 0 Å². The van der Waals surface area contributed by atoms with Crippen LogP contribution in [0, 0.1) is 0 Å². The second-order valence-corrected chi connectivity index (χ2v) is 17.5. The van der Waals surface area contributed by atoms with Crippen molar-refractivity contribution in [1.29, 1.82) is 0 Å². The summed E-state index contributed by atoms with van der Waals surface area (Å²) in [6.45, 7) is 12.0. The van der Waals surface area contributed by atoms with Gasteiger partial charge in [-0.15, -0.1) is 0 Å². The topological polar surface area (TPSA) is 3.24 Å². The van der Waals surface area contributed by atoms with Gasteiger partial charge in [0.25, 0.3) is 0 Å². The summed E-state index contributed by atoms with van der Waals surface area (Å²) >= 11 is 0. The first-order valence-electron chi connectivity index (χ1n) is 8.11. The molecule has 1 nitrogen and oxygen atoms in total. The Kier molecular flexibility index (Phi) is 8.03. The summed E-state index contributed by atoms with van der Waals surface area (Å²) < 4.78 is 2.63. The summed E-state index contributed by atoms with van der Waals surface area (Å²) in [6, 6.07) is 21.5. The fourth-order valence-corrected chi connectivity index (χ4v) is 9.89. The van der Waals surface area contributed by atoms with E-state index in [2.05, 4.69) is 105 Å². The van der Waals surface area contributed by atoms with Gasteiger partial charge in [0.15, 0.2) is 0 Å². The molecule has 2 aromatic rings. The van der Waals surface area contributed by atoms with Crippen LogP contribution in [0.4, 0.5) is 0 Å². The van der Waals surface area contributed by atoms with Crippen molar-refractivity contribution in [3.05, 3.63) is 60.7 Å². The second kappa shape index (κ2) is 9.25. The molecule has 0 saturated heterocycles. The lowest BCUT2D eigenvalue weighted by Crippen LogP contribution is -2.49. The van der Waals surface area contributed by atoms with Crippen molar-refractivity contribution in [3.63, 3.8) is 0 Å². The van der Waals surface area contributed by atoms with E-state index >= 15 is 0 Å². The van der Waals surface area contributed by atoms with E-state index in [0.717, 1.165) is 0 Å². The van der Waals surface area contributed by atoms with Gasteiger partial charge in [-0.1, -0.05) is 104 Å². The minimum absolute atomic E-state index is 0.234. The fourth-order valence-electron chi connectivity index (χ4n) is 2.20. The average Bonchev–Trinajstić information content (AvgIpc) is 2.48. The van der Waals surface area contributed by atoms with Crippen LogP contribution in [0.5, 0.6) is 0 Å². The largest absolute Gasteiger partial charge is 0.351 e. The lowest BCUT2D eigenvalue weighted by Gasteiger charge is -2.33. The van der Waals surface area contributed by atoms with Gasteiger partial charge < -0.3 is 4.23 Å². The third-order valence-corrected chi connectivity index (χ3v) is 13.2. The smallest absolute Gasteiger partial charge is 0.111 e. The maximum atomic E-state index is 2.63. The molecule has 0 aliphatic rings. The minimum Gasteiger partial charge on any atom is -0.351 e. The van der Waals surface area contributed by atoms with Gasteiger partial charge in [0.05, 0.1) is 18.5 Å². The third kappa shape index (κ3) is 7.36. The molecule has 0 saturated carbocycles. The van der Waals surface area contributed by atoms with Crippen molar-refractivity contribution in [1.82, 2.24) is 4.23 Å². The van der Waals surface area contributed by atoms with Crippen molar-refractivity contribution in [2.24, 2.45) is 0 Å². The van der Waals surface area contributed by atoms with Crippen molar-refractivity contribution < 1.29 is 0 Å². The summed E-state index contributed by atoms with van der Waals surface area (Å²) in [5.41, 5.74) is 0. The Balaban J connectivity index is 0.000000239. The van der Waals surface area contributed by atoms with E-state index in [1.807, 2.05) is 0 Å². The van der Waals surface area contributed by atoms with Crippen molar-refractivity contribution in [2.75, 3.05) is 7.05 Å². The molecule has 0 bridgehead atoms. The van der Waals surface area contributed by atoms with Gasteiger partial charge in [0.1, 0.15) is 8.24 Å². The summed E-state index contributed by atoms with van der Waals surface area (Å²) in [5, 5.41) is 3.02. The monoisotopic (exact) mass is 345 g/mol. The zero-order valence-corrected chi connectivity index (χ0v) is 18.6. The molecule has 0 N–H and O–H groups in total. The normalized spacial score (nSPS) is 11.3. The third-order valence-electron chi connectivity index (χ3n) is 3.93. The Morgan fingerprint density at radius 2 is 1.14 bits per heavy atom. The predicted molar refractivity (Wildman–Crippen MR) is 111 cm³/mol. The predicted octanol–water partition coefficient (Wildman–Crippen LogP) is 2.54. The Hall–Kier alpha value is -0.949. The first kappa shape index (κ1) is 19.1. The van der Waals surface area contributed by atoms with Gasteiger partial charge in [-0.2, -0.15) is 0 Å². The van der Waals surface area contributed by atoms with Crippen molar-refractivity contribution >= 4 is 37.1 Å². The average molecular weight is 346 g/mol. The van der Waals surface area contributed by atoms with Gasteiger partial charge in [-0.25, -0.2) is 0 Å². The molecule has 4 heteroatoms. The van der Waals surface area contributed by atoms with E-state index in [-0.39, 0.29) is 9.52 Å². The fraction of sp³-hybridized carbons (Fsp3) is 0.333. The molecular weight excluding hydrogens is 314 g/mol. The van der Waals surface area contributed by atoms with Crippen LogP contribution in [-0.4, -0.2) is 38.0 Å². The zero-order valence-electron chi connectivity index (χ0n) is 15.0. The summed E-state index contributed by atoms with van der Waals surface area (Å²) in [5.74, 6) is 0. The number of hydrogen-bond donors (Lipinski definition) is 0. The van der Waals surface area contributed by atoms with Crippen LogP contribution in [-0.2, 0) is 0 Å². The number of nitrogens with zero attached hydrogens (tertiary/aromatic N) is 1. The standard InChI is InChI=1S/C12H12Si.C6H19NSi2/c1-3-7-11(8-4-1)13-12-9-5-2-6-10-12;1-7(8(2)3)9(4,5)6/h1-10H,13H2;8H,1-6H3. The van der Waals surface area contributed by atoms with Crippen LogP contribution in [0.15, 0.2) is 60.7 Å². The van der Waals surface area contributed by atoms with Crippen LogP contribution in [0.2, 0.25) is 32.7 Å². The van der Waals surface area contributed by atoms with Crippen LogP contribution < -0.4 is 10.4 Å². The van der Waals surface area contributed by atoms with Gasteiger partial charge in [-0.3, -0.25) is 0 Å². The van der Waals surface area contributed by atoms with E-state index in [9.17, 15) is 0 Å². The van der Waals surface area contributed by atoms with Crippen molar-refractivity contribution in [2.45, 2.75) is 32.7 Å². The van der Waals surface area contributed by atoms with E-state index in [1.165, 1.54) is 10.4 Å². The molecular formula is C18H31NSi3. The molecule has 120 valence electrons. The quantitative estimate of drug-likeness (QED) is 0.770. The molecule has 0 heterocycles. The molecule has 2 rings (SSSR count). The highest BCUT2D eigenvalue weighted by Gasteiger charge is 2.21. The van der Waals surface area contributed by atoms with Crippen LogP contribution in [0.25, 0.3) is 0 Å². The van der Waals surface area contributed by atoms with Gasteiger partial charge in [0.2, 0.25) is 0 Å². The van der Waals surface area contributed by atoms with E-state index in [0.29, 0.717) is 0 Å². The summed E-state index contributed by atoms with van der Waals surface area (Å²) in [4.78, 5) is 0. The van der Waals surface area contributed by atoms with E-state index < -0.39 is 17.2 Å². The highest BCUT2D eigenvalue weighted by atomic mass is 28.4. The Morgan fingerprint density at radius 1 is 0.773 bits per heavy atom. The summed E-state index contributed by atoms with van der Waals surface area (Å²) in [6.07, 6.45) is 0.